The highest BCUT2D eigenvalue weighted by Crippen LogP contribution is 2.31. The molecule has 2 rings (SSSR count). The van der Waals surface area contributed by atoms with Crippen LogP contribution in [0.1, 0.15) is 50.5 Å². The van der Waals surface area contributed by atoms with E-state index in [4.69, 9.17) is 0 Å². The molecule has 0 amide bonds. The Morgan fingerprint density at radius 1 is 1.16 bits per heavy atom. The predicted molar refractivity (Wildman–Crippen MR) is 79.3 cm³/mol. The van der Waals surface area contributed by atoms with E-state index in [1.165, 1.54) is 24.8 Å². The number of rotatable bonds is 6. The molecule has 0 radical (unpaired) electrons. The molecule has 1 aromatic rings. The van der Waals surface area contributed by atoms with Crippen molar-refractivity contribution in [3.63, 3.8) is 0 Å². The summed E-state index contributed by atoms with van der Waals surface area (Å²) in [6.07, 6.45) is 8.39. The van der Waals surface area contributed by atoms with Gasteiger partial charge in [0.2, 0.25) is 0 Å². The molecule has 104 valence electrons. The average Bonchev–Trinajstić information content (AvgIpc) is 2.47. The van der Waals surface area contributed by atoms with Gasteiger partial charge in [-0.25, -0.2) is 0 Å². The van der Waals surface area contributed by atoms with Crippen LogP contribution in [0.3, 0.4) is 0 Å². The van der Waals surface area contributed by atoms with E-state index in [9.17, 15) is 4.79 Å². The van der Waals surface area contributed by atoms with E-state index in [0.717, 1.165) is 19.3 Å². The van der Waals surface area contributed by atoms with Gasteiger partial charge in [0.1, 0.15) is 5.78 Å². The fraction of sp³-hybridized carbons (Fsp3) is 0.588. The minimum absolute atomic E-state index is 0.0893. The van der Waals surface area contributed by atoms with Crippen molar-refractivity contribution >= 4 is 5.78 Å². The summed E-state index contributed by atoms with van der Waals surface area (Å²) < 4.78 is 0. The van der Waals surface area contributed by atoms with Gasteiger partial charge in [0.05, 0.1) is 0 Å². The molecule has 0 aromatic heterocycles. The summed E-state index contributed by atoms with van der Waals surface area (Å²) in [7, 11) is 2.01. The van der Waals surface area contributed by atoms with E-state index in [1.807, 2.05) is 25.2 Å². The van der Waals surface area contributed by atoms with E-state index in [2.05, 4.69) is 17.4 Å². The first-order chi connectivity index (χ1) is 9.24. The van der Waals surface area contributed by atoms with Crippen LogP contribution in [0.4, 0.5) is 0 Å². The lowest BCUT2D eigenvalue weighted by atomic mass is 9.78. The molecule has 1 aliphatic rings. The fourth-order valence-electron chi connectivity index (χ4n) is 3.14. The van der Waals surface area contributed by atoms with Gasteiger partial charge < -0.3 is 5.32 Å². The largest absolute Gasteiger partial charge is 0.314 e. The summed E-state index contributed by atoms with van der Waals surface area (Å²) in [6, 6.07) is 10.3. The van der Waals surface area contributed by atoms with Gasteiger partial charge in [0.25, 0.3) is 0 Å². The Hall–Kier alpha value is -1.15. The molecule has 1 aromatic carbocycles. The van der Waals surface area contributed by atoms with Crippen LogP contribution in [0.25, 0.3) is 0 Å². The van der Waals surface area contributed by atoms with Crippen LogP contribution in [0, 0.1) is 0 Å². The maximum Gasteiger partial charge on any atom is 0.135 e. The minimum Gasteiger partial charge on any atom is -0.314 e. The Morgan fingerprint density at radius 3 is 2.47 bits per heavy atom. The highest BCUT2D eigenvalue weighted by Gasteiger charge is 2.32. The molecule has 1 fully saturated rings. The second-order valence-corrected chi connectivity index (χ2v) is 5.79. The van der Waals surface area contributed by atoms with Gasteiger partial charge in [0, 0.05) is 18.4 Å². The first kappa shape index (κ1) is 14.3. The van der Waals surface area contributed by atoms with Gasteiger partial charge >= 0.3 is 0 Å². The second-order valence-electron chi connectivity index (χ2n) is 5.79. The van der Waals surface area contributed by atoms with E-state index in [-0.39, 0.29) is 5.54 Å². The Bertz CT molecular complexity index is 393. The van der Waals surface area contributed by atoms with E-state index >= 15 is 0 Å². The summed E-state index contributed by atoms with van der Waals surface area (Å²) in [5, 5.41) is 3.43. The summed E-state index contributed by atoms with van der Waals surface area (Å²) in [5.74, 6) is 0.403. The Labute approximate surface area is 116 Å². The normalized spacial score (nSPS) is 18.2. The quantitative estimate of drug-likeness (QED) is 0.847. The molecule has 1 aliphatic carbocycles. The number of hydrogen-bond donors (Lipinski definition) is 1. The third kappa shape index (κ3) is 4.17. The predicted octanol–water partition coefficient (Wildman–Crippen LogP) is 3.50. The molecule has 0 spiro atoms. The number of aryl methyl sites for hydroxylation is 1. The summed E-state index contributed by atoms with van der Waals surface area (Å²) in [5.41, 5.74) is 1.35. The zero-order valence-electron chi connectivity index (χ0n) is 12.0. The van der Waals surface area contributed by atoms with E-state index in [1.54, 1.807) is 0 Å². The highest BCUT2D eigenvalue weighted by atomic mass is 16.1. The monoisotopic (exact) mass is 259 g/mol. The lowest BCUT2D eigenvalue weighted by Crippen LogP contribution is -2.46. The lowest BCUT2D eigenvalue weighted by Gasteiger charge is -2.36. The number of ketones is 1. The molecular weight excluding hydrogens is 234 g/mol. The zero-order valence-corrected chi connectivity index (χ0v) is 12.0. The Kier molecular flexibility index (Phi) is 5.15. The van der Waals surface area contributed by atoms with Crippen LogP contribution in [0.5, 0.6) is 0 Å². The topological polar surface area (TPSA) is 29.1 Å². The zero-order chi connectivity index (χ0) is 13.6. The molecule has 0 aliphatic heterocycles. The number of carbonyl (C=O) groups is 1. The van der Waals surface area contributed by atoms with Crippen LogP contribution < -0.4 is 5.32 Å². The number of nitrogens with one attached hydrogen (secondary N) is 1. The molecule has 0 bridgehead atoms. The van der Waals surface area contributed by atoms with Gasteiger partial charge in [-0.3, -0.25) is 4.79 Å². The van der Waals surface area contributed by atoms with E-state index in [0.29, 0.717) is 18.6 Å². The van der Waals surface area contributed by atoms with E-state index < -0.39 is 0 Å². The Morgan fingerprint density at radius 2 is 1.84 bits per heavy atom. The molecule has 0 atom stereocenters. The van der Waals surface area contributed by atoms with Gasteiger partial charge in [-0.1, -0.05) is 49.6 Å². The SMILES string of the molecule is CNC1(CC(=O)CCc2ccccc2)CCCCC1. The standard InChI is InChI=1S/C17H25NO/c1-18-17(12-6-3-7-13-17)14-16(19)11-10-15-8-4-2-5-9-15/h2,4-5,8-9,18H,3,6-7,10-14H2,1H3. The second kappa shape index (κ2) is 6.85. The molecule has 2 nitrogen and oxygen atoms in total. The molecule has 0 heterocycles. The van der Waals surface area contributed by atoms with Crippen molar-refractivity contribution in [2.45, 2.75) is 56.9 Å². The molecule has 2 heteroatoms. The van der Waals surface area contributed by atoms with Crippen LogP contribution in [-0.2, 0) is 11.2 Å². The Balaban J connectivity index is 1.83. The average molecular weight is 259 g/mol. The van der Waals surface area contributed by atoms with Gasteiger partial charge in [-0.2, -0.15) is 0 Å². The van der Waals surface area contributed by atoms with Gasteiger partial charge in [-0.05, 0) is 31.9 Å². The minimum atomic E-state index is 0.0893. The molecule has 1 saturated carbocycles. The van der Waals surface area contributed by atoms with Crippen molar-refractivity contribution in [1.82, 2.24) is 5.32 Å². The number of Topliss-reactive ketones (excluding diaryl/α,β-unsaturated/α-hetero) is 1. The maximum absolute atomic E-state index is 12.2. The first-order valence-corrected chi connectivity index (χ1v) is 7.49. The molecule has 1 N–H and O–H groups in total. The lowest BCUT2D eigenvalue weighted by molar-refractivity contribution is -0.120. The molecule has 19 heavy (non-hydrogen) atoms. The molecule has 0 unspecified atom stereocenters. The van der Waals surface area contributed by atoms with Gasteiger partial charge in [0.15, 0.2) is 0 Å². The summed E-state index contributed by atoms with van der Waals surface area (Å²) >= 11 is 0. The van der Waals surface area contributed by atoms with Gasteiger partial charge in [-0.15, -0.1) is 0 Å². The number of carbonyl (C=O) groups excluding carboxylic acids is 1. The van der Waals surface area contributed by atoms with Crippen LogP contribution in [-0.4, -0.2) is 18.4 Å². The van der Waals surface area contributed by atoms with Crippen molar-refractivity contribution < 1.29 is 4.79 Å². The van der Waals surface area contributed by atoms with Crippen molar-refractivity contribution in [2.24, 2.45) is 0 Å². The van der Waals surface area contributed by atoms with Crippen molar-refractivity contribution in [3.8, 4) is 0 Å². The number of benzene rings is 1. The van der Waals surface area contributed by atoms with Crippen molar-refractivity contribution in [3.05, 3.63) is 35.9 Å². The smallest absolute Gasteiger partial charge is 0.135 e. The van der Waals surface area contributed by atoms with Crippen molar-refractivity contribution in [2.75, 3.05) is 7.05 Å². The van der Waals surface area contributed by atoms with Crippen molar-refractivity contribution in [1.29, 1.82) is 0 Å². The molecular formula is C17H25NO. The fourth-order valence-corrected chi connectivity index (χ4v) is 3.14. The summed E-state index contributed by atoms with van der Waals surface area (Å²) in [4.78, 5) is 12.2. The van der Waals surface area contributed by atoms with Crippen LogP contribution in [0.2, 0.25) is 0 Å². The number of hydrogen-bond acceptors (Lipinski definition) is 2. The first-order valence-electron chi connectivity index (χ1n) is 7.49. The summed E-state index contributed by atoms with van der Waals surface area (Å²) in [6.45, 7) is 0. The highest BCUT2D eigenvalue weighted by molar-refractivity contribution is 5.79. The maximum atomic E-state index is 12.2. The van der Waals surface area contributed by atoms with Crippen LogP contribution >= 0.6 is 0 Å². The molecule has 0 saturated heterocycles. The third-order valence-corrected chi connectivity index (χ3v) is 4.41. The van der Waals surface area contributed by atoms with Crippen LogP contribution in [0.15, 0.2) is 30.3 Å². The third-order valence-electron chi connectivity index (χ3n) is 4.41.